The highest BCUT2D eigenvalue weighted by Gasteiger charge is 2.50. The van der Waals surface area contributed by atoms with Gasteiger partial charge in [-0.1, -0.05) is 28.1 Å². The van der Waals surface area contributed by atoms with E-state index in [2.05, 4.69) is 21.2 Å². The molecule has 1 aromatic carbocycles. The fourth-order valence-corrected chi connectivity index (χ4v) is 2.16. The number of hydrogen-bond acceptors (Lipinski definition) is 2. The van der Waals surface area contributed by atoms with E-state index in [0.29, 0.717) is 13.1 Å². The molecule has 1 aromatic rings. The van der Waals surface area contributed by atoms with E-state index in [0.717, 1.165) is 22.9 Å². The van der Waals surface area contributed by atoms with Gasteiger partial charge in [0.15, 0.2) is 0 Å². The Morgan fingerprint density at radius 1 is 1.35 bits per heavy atom. The van der Waals surface area contributed by atoms with E-state index < -0.39 is 0 Å². The van der Waals surface area contributed by atoms with Crippen molar-refractivity contribution in [1.29, 1.82) is 0 Å². The molecule has 1 aliphatic rings. The van der Waals surface area contributed by atoms with Crippen molar-refractivity contribution in [2.45, 2.75) is 18.3 Å². The molecule has 3 N–H and O–H groups in total. The summed E-state index contributed by atoms with van der Waals surface area (Å²) in [7, 11) is 0. The smallest absolute Gasteiger partial charge is 0.230 e. The molecule has 0 bridgehead atoms. The molecule has 1 aliphatic carbocycles. The summed E-state index contributed by atoms with van der Waals surface area (Å²) < 4.78 is 1.04. The van der Waals surface area contributed by atoms with Crippen LogP contribution in [-0.2, 0) is 10.2 Å². The Balaban J connectivity index is 0.00000144. The minimum absolute atomic E-state index is 0. The first kappa shape index (κ1) is 14.5. The second-order valence-electron chi connectivity index (χ2n) is 4.13. The Kier molecular flexibility index (Phi) is 4.98. The number of amides is 1. The number of nitrogens with two attached hydrogens (primary N) is 1. The fourth-order valence-electron chi connectivity index (χ4n) is 1.90. The highest BCUT2D eigenvalue weighted by Crippen LogP contribution is 2.48. The number of carbonyl (C=O) groups excluding carboxylic acids is 1. The van der Waals surface area contributed by atoms with Gasteiger partial charge >= 0.3 is 0 Å². The van der Waals surface area contributed by atoms with Crippen LogP contribution in [0.4, 0.5) is 0 Å². The lowest BCUT2D eigenvalue weighted by Gasteiger charge is -2.15. The van der Waals surface area contributed by atoms with Gasteiger partial charge in [0.25, 0.3) is 0 Å². The molecule has 1 amide bonds. The molecular weight excluding hydrogens is 304 g/mol. The van der Waals surface area contributed by atoms with Crippen LogP contribution in [0.25, 0.3) is 0 Å². The second-order valence-corrected chi connectivity index (χ2v) is 5.05. The van der Waals surface area contributed by atoms with Crippen LogP contribution < -0.4 is 11.1 Å². The highest BCUT2D eigenvalue weighted by atomic mass is 79.9. The maximum absolute atomic E-state index is 12.0. The molecule has 0 aliphatic heterocycles. The van der Waals surface area contributed by atoms with Crippen molar-refractivity contribution < 1.29 is 4.79 Å². The zero-order chi connectivity index (χ0) is 11.6. The zero-order valence-corrected chi connectivity index (χ0v) is 11.8. The third-order valence-corrected chi connectivity index (χ3v) is 3.54. The summed E-state index contributed by atoms with van der Waals surface area (Å²) in [6.07, 6.45) is 1.87. The first-order chi connectivity index (χ1) is 7.69. The lowest BCUT2D eigenvalue weighted by molar-refractivity contribution is -0.123. The summed E-state index contributed by atoms with van der Waals surface area (Å²) in [6.45, 7) is 1.04. The van der Waals surface area contributed by atoms with E-state index in [1.165, 1.54) is 0 Å². The van der Waals surface area contributed by atoms with Crippen molar-refractivity contribution in [2.24, 2.45) is 5.73 Å². The van der Waals surface area contributed by atoms with Crippen LogP contribution in [0.1, 0.15) is 18.4 Å². The third kappa shape index (κ3) is 3.00. The van der Waals surface area contributed by atoms with Crippen molar-refractivity contribution in [3.05, 3.63) is 34.3 Å². The van der Waals surface area contributed by atoms with Crippen molar-refractivity contribution >= 4 is 34.2 Å². The number of nitrogens with one attached hydrogen (secondary N) is 1. The molecular formula is C12H16BrClN2O. The summed E-state index contributed by atoms with van der Waals surface area (Å²) in [5.41, 5.74) is 6.20. The first-order valence-electron chi connectivity index (χ1n) is 5.43. The first-order valence-corrected chi connectivity index (χ1v) is 6.23. The Hall–Kier alpha value is -0.580. The predicted octanol–water partition coefficient (Wildman–Crippen LogP) is 1.98. The molecule has 0 aromatic heterocycles. The van der Waals surface area contributed by atoms with Crippen LogP contribution in [0.3, 0.4) is 0 Å². The van der Waals surface area contributed by atoms with E-state index in [1.807, 2.05) is 24.3 Å². The number of benzene rings is 1. The van der Waals surface area contributed by atoms with Crippen LogP contribution in [0.5, 0.6) is 0 Å². The Labute approximate surface area is 116 Å². The molecule has 0 saturated heterocycles. The van der Waals surface area contributed by atoms with E-state index in [-0.39, 0.29) is 23.7 Å². The lowest BCUT2D eigenvalue weighted by Crippen LogP contribution is -2.37. The summed E-state index contributed by atoms with van der Waals surface area (Å²) in [6, 6.07) is 7.98. The SMILES string of the molecule is Cl.NCCNC(=O)C1(c2ccc(Br)cc2)CC1. The molecule has 94 valence electrons. The largest absolute Gasteiger partial charge is 0.354 e. The van der Waals surface area contributed by atoms with Gasteiger partial charge in [-0.25, -0.2) is 0 Å². The van der Waals surface area contributed by atoms with Gasteiger partial charge in [0.2, 0.25) is 5.91 Å². The number of hydrogen-bond donors (Lipinski definition) is 2. The molecule has 0 spiro atoms. The van der Waals surface area contributed by atoms with Crippen LogP contribution >= 0.6 is 28.3 Å². The van der Waals surface area contributed by atoms with Crippen molar-refractivity contribution in [2.75, 3.05) is 13.1 Å². The summed E-state index contributed by atoms with van der Waals surface area (Å²) in [5.74, 6) is 0.111. The van der Waals surface area contributed by atoms with E-state index in [1.54, 1.807) is 0 Å². The second kappa shape index (κ2) is 5.85. The van der Waals surface area contributed by atoms with Crippen LogP contribution in [-0.4, -0.2) is 19.0 Å². The van der Waals surface area contributed by atoms with Gasteiger partial charge < -0.3 is 11.1 Å². The van der Waals surface area contributed by atoms with Crippen LogP contribution in [0, 0.1) is 0 Å². The van der Waals surface area contributed by atoms with Gasteiger partial charge in [-0.3, -0.25) is 4.79 Å². The molecule has 1 saturated carbocycles. The molecule has 0 atom stereocenters. The predicted molar refractivity (Wildman–Crippen MR) is 74.4 cm³/mol. The molecule has 0 unspecified atom stereocenters. The van der Waals surface area contributed by atoms with Gasteiger partial charge in [0, 0.05) is 17.6 Å². The van der Waals surface area contributed by atoms with E-state index in [9.17, 15) is 4.79 Å². The van der Waals surface area contributed by atoms with Crippen LogP contribution in [0.2, 0.25) is 0 Å². The average molecular weight is 320 g/mol. The normalized spacial score (nSPS) is 15.9. The zero-order valence-electron chi connectivity index (χ0n) is 9.41. The summed E-state index contributed by atoms with van der Waals surface area (Å²) in [4.78, 5) is 12.0. The van der Waals surface area contributed by atoms with Gasteiger partial charge in [0.05, 0.1) is 5.41 Å². The summed E-state index contributed by atoms with van der Waals surface area (Å²) >= 11 is 3.39. The monoisotopic (exact) mass is 318 g/mol. The lowest BCUT2D eigenvalue weighted by atomic mass is 9.95. The molecule has 2 rings (SSSR count). The topological polar surface area (TPSA) is 55.1 Å². The van der Waals surface area contributed by atoms with Crippen LogP contribution in [0.15, 0.2) is 28.7 Å². The maximum Gasteiger partial charge on any atom is 0.230 e. The molecule has 0 radical (unpaired) electrons. The Morgan fingerprint density at radius 2 is 1.94 bits per heavy atom. The van der Waals surface area contributed by atoms with Crippen molar-refractivity contribution in [3.8, 4) is 0 Å². The number of rotatable bonds is 4. The Morgan fingerprint density at radius 3 is 2.41 bits per heavy atom. The molecule has 17 heavy (non-hydrogen) atoms. The van der Waals surface area contributed by atoms with Gasteiger partial charge in [-0.15, -0.1) is 12.4 Å². The fraction of sp³-hybridized carbons (Fsp3) is 0.417. The van der Waals surface area contributed by atoms with E-state index >= 15 is 0 Å². The maximum atomic E-state index is 12.0. The number of carbonyl (C=O) groups is 1. The third-order valence-electron chi connectivity index (χ3n) is 3.01. The van der Waals surface area contributed by atoms with E-state index in [4.69, 9.17) is 5.73 Å². The van der Waals surface area contributed by atoms with Crippen molar-refractivity contribution in [1.82, 2.24) is 5.32 Å². The molecule has 1 fully saturated rings. The minimum Gasteiger partial charge on any atom is -0.354 e. The van der Waals surface area contributed by atoms with Crippen molar-refractivity contribution in [3.63, 3.8) is 0 Å². The molecule has 3 nitrogen and oxygen atoms in total. The Bertz CT molecular complexity index is 390. The highest BCUT2D eigenvalue weighted by molar-refractivity contribution is 9.10. The average Bonchev–Trinajstić information content (AvgIpc) is 3.08. The minimum atomic E-state index is -0.282. The van der Waals surface area contributed by atoms with Gasteiger partial charge in [0.1, 0.15) is 0 Å². The van der Waals surface area contributed by atoms with Gasteiger partial charge in [-0.05, 0) is 30.5 Å². The molecule has 5 heteroatoms. The summed E-state index contributed by atoms with van der Waals surface area (Å²) in [5, 5.41) is 2.87. The number of halogens is 2. The standard InChI is InChI=1S/C12H15BrN2O.ClH/c13-10-3-1-9(2-4-10)12(5-6-12)11(16)15-8-7-14;/h1-4H,5-8,14H2,(H,15,16);1H. The quantitative estimate of drug-likeness (QED) is 0.891. The molecule has 0 heterocycles. The van der Waals surface area contributed by atoms with Gasteiger partial charge in [-0.2, -0.15) is 0 Å².